The average Bonchev–Trinajstić information content (AvgIpc) is 2.22. The molecule has 1 fully saturated rings. The number of halogens is 2. The molecule has 0 amide bonds. The Balaban J connectivity index is 2.03. The third-order valence-corrected chi connectivity index (χ3v) is 3.08. The Morgan fingerprint density at radius 1 is 1.20 bits per heavy atom. The lowest BCUT2D eigenvalue weighted by Gasteiger charge is -2.29. The van der Waals surface area contributed by atoms with Gasteiger partial charge in [0.15, 0.2) is 0 Å². The summed E-state index contributed by atoms with van der Waals surface area (Å²) in [6.45, 7) is 1.06. The van der Waals surface area contributed by atoms with Gasteiger partial charge < -0.3 is 4.74 Å². The van der Waals surface area contributed by atoms with Gasteiger partial charge in [0.25, 0.3) is 0 Å². The second kappa shape index (κ2) is 4.50. The first-order valence-electron chi connectivity index (χ1n) is 5.19. The first-order valence-corrected chi connectivity index (χ1v) is 5.57. The fourth-order valence-electron chi connectivity index (χ4n) is 1.88. The smallest absolute Gasteiger partial charge is 0.119 e. The average molecular weight is 229 g/mol. The lowest BCUT2D eigenvalue weighted by atomic mass is 9.89. The molecule has 1 aliphatic heterocycles. The van der Waals surface area contributed by atoms with Crippen LogP contribution < -0.4 is 0 Å². The third kappa shape index (κ3) is 2.93. The summed E-state index contributed by atoms with van der Waals surface area (Å²) in [4.78, 5) is 0. The molecular formula is C12H14ClFO. The van der Waals surface area contributed by atoms with Gasteiger partial charge in [0.1, 0.15) is 5.67 Å². The minimum atomic E-state index is -1.09. The molecule has 15 heavy (non-hydrogen) atoms. The van der Waals surface area contributed by atoms with Gasteiger partial charge in [-0.3, -0.25) is 0 Å². The zero-order valence-electron chi connectivity index (χ0n) is 8.51. The minimum Gasteiger partial charge on any atom is -0.381 e. The Labute approximate surface area is 94.2 Å². The first-order chi connectivity index (χ1) is 7.18. The number of rotatable bonds is 2. The van der Waals surface area contributed by atoms with E-state index in [0.717, 1.165) is 5.56 Å². The van der Waals surface area contributed by atoms with Crippen LogP contribution >= 0.6 is 11.6 Å². The molecule has 0 saturated carbocycles. The Morgan fingerprint density at radius 3 is 2.40 bits per heavy atom. The van der Waals surface area contributed by atoms with E-state index in [1.54, 1.807) is 12.1 Å². The van der Waals surface area contributed by atoms with Gasteiger partial charge in [0.2, 0.25) is 0 Å². The third-order valence-electron chi connectivity index (χ3n) is 2.82. The lowest BCUT2D eigenvalue weighted by molar-refractivity contribution is -0.00815. The van der Waals surface area contributed by atoms with Crippen LogP contribution in [0.1, 0.15) is 18.4 Å². The van der Waals surface area contributed by atoms with E-state index in [4.69, 9.17) is 16.3 Å². The van der Waals surface area contributed by atoms with Crippen molar-refractivity contribution in [1.29, 1.82) is 0 Å². The summed E-state index contributed by atoms with van der Waals surface area (Å²) < 4.78 is 19.4. The van der Waals surface area contributed by atoms with Crippen LogP contribution in [0.3, 0.4) is 0 Å². The van der Waals surface area contributed by atoms with Gasteiger partial charge in [-0.25, -0.2) is 4.39 Å². The van der Waals surface area contributed by atoms with E-state index in [2.05, 4.69) is 0 Å². The zero-order valence-corrected chi connectivity index (χ0v) is 9.27. The van der Waals surface area contributed by atoms with E-state index >= 15 is 0 Å². The number of alkyl halides is 1. The summed E-state index contributed by atoms with van der Waals surface area (Å²) in [7, 11) is 0. The molecule has 1 nitrogen and oxygen atoms in total. The number of hydrogen-bond donors (Lipinski definition) is 0. The lowest BCUT2D eigenvalue weighted by Crippen LogP contribution is -2.33. The van der Waals surface area contributed by atoms with Crippen LogP contribution in [0.4, 0.5) is 4.39 Å². The van der Waals surface area contributed by atoms with Crippen LogP contribution in [-0.2, 0) is 11.2 Å². The van der Waals surface area contributed by atoms with Crippen molar-refractivity contribution in [3.05, 3.63) is 34.9 Å². The SMILES string of the molecule is FC1(Cc2ccc(Cl)cc2)CCOCC1. The highest BCUT2D eigenvalue weighted by molar-refractivity contribution is 6.30. The summed E-state index contributed by atoms with van der Waals surface area (Å²) in [6.07, 6.45) is 1.46. The Morgan fingerprint density at radius 2 is 1.80 bits per heavy atom. The number of hydrogen-bond acceptors (Lipinski definition) is 1. The molecule has 0 aromatic heterocycles. The fraction of sp³-hybridized carbons (Fsp3) is 0.500. The van der Waals surface area contributed by atoms with Gasteiger partial charge in [-0.2, -0.15) is 0 Å². The number of ether oxygens (including phenoxy) is 1. The molecule has 1 aliphatic rings. The van der Waals surface area contributed by atoms with E-state index in [-0.39, 0.29) is 0 Å². The molecule has 0 bridgehead atoms. The van der Waals surface area contributed by atoms with E-state index in [9.17, 15) is 4.39 Å². The quantitative estimate of drug-likeness (QED) is 0.754. The molecule has 82 valence electrons. The fourth-order valence-corrected chi connectivity index (χ4v) is 2.01. The maximum absolute atomic E-state index is 14.2. The molecule has 0 atom stereocenters. The molecule has 1 aromatic rings. The summed E-state index contributed by atoms with van der Waals surface area (Å²) in [5.41, 5.74) is -0.0877. The van der Waals surface area contributed by atoms with E-state index in [0.29, 0.717) is 37.5 Å². The van der Waals surface area contributed by atoms with Gasteiger partial charge >= 0.3 is 0 Å². The van der Waals surface area contributed by atoms with Crippen molar-refractivity contribution in [2.75, 3.05) is 13.2 Å². The van der Waals surface area contributed by atoms with Crippen LogP contribution in [0.15, 0.2) is 24.3 Å². The summed E-state index contributed by atoms with van der Waals surface area (Å²) in [5.74, 6) is 0. The molecule has 3 heteroatoms. The molecular weight excluding hydrogens is 215 g/mol. The molecule has 0 spiro atoms. The Hall–Kier alpha value is -0.600. The van der Waals surface area contributed by atoms with Gasteiger partial charge in [-0.15, -0.1) is 0 Å². The highest BCUT2D eigenvalue weighted by Crippen LogP contribution is 2.29. The van der Waals surface area contributed by atoms with Crippen molar-refractivity contribution in [2.45, 2.75) is 24.9 Å². The van der Waals surface area contributed by atoms with E-state index < -0.39 is 5.67 Å². The minimum absolute atomic E-state index is 0.466. The molecule has 0 unspecified atom stereocenters. The van der Waals surface area contributed by atoms with Crippen LogP contribution in [-0.4, -0.2) is 18.9 Å². The zero-order chi connectivity index (χ0) is 10.7. The standard InChI is InChI=1S/C12H14ClFO/c13-11-3-1-10(2-4-11)9-12(14)5-7-15-8-6-12/h1-4H,5-9H2. The molecule has 0 radical (unpaired) electrons. The van der Waals surface area contributed by atoms with Crippen molar-refractivity contribution in [1.82, 2.24) is 0 Å². The summed E-state index contributed by atoms with van der Waals surface area (Å²) in [5, 5.41) is 0.693. The van der Waals surface area contributed by atoms with Crippen LogP contribution in [0.5, 0.6) is 0 Å². The van der Waals surface area contributed by atoms with Gasteiger partial charge in [-0.1, -0.05) is 23.7 Å². The topological polar surface area (TPSA) is 9.23 Å². The molecule has 1 heterocycles. The maximum atomic E-state index is 14.2. The van der Waals surface area contributed by atoms with Crippen LogP contribution in [0.2, 0.25) is 5.02 Å². The van der Waals surface area contributed by atoms with Gasteiger partial charge in [0, 0.05) is 37.5 Å². The Bertz CT molecular complexity index is 317. The van der Waals surface area contributed by atoms with Crippen LogP contribution in [0.25, 0.3) is 0 Å². The van der Waals surface area contributed by atoms with E-state index in [1.165, 1.54) is 0 Å². The van der Waals surface area contributed by atoms with Crippen molar-refractivity contribution in [3.63, 3.8) is 0 Å². The highest BCUT2D eigenvalue weighted by atomic mass is 35.5. The molecule has 1 aromatic carbocycles. The predicted molar refractivity (Wildman–Crippen MR) is 59.0 cm³/mol. The molecule has 2 rings (SSSR count). The van der Waals surface area contributed by atoms with Gasteiger partial charge in [0.05, 0.1) is 0 Å². The normalized spacial score (nSPS) is 20.1. The highest BCUT2D eigenvalue weighted by Gasteiger charge is 2.32. The maximum Gasteiger partial charge on any atom is 0.119 e. The van der Waals surface area contributed by atoms with Crippen molar-refractivity contribution < 1.29 is 9.13 Å². The predicted octanol–water partition coefficient (Wildman–Crippen LogP) is 3.40. The van der Waals surface area contributed by atoms with Crippen LogP contribution in [0, 0.1) is 0 Å². The molecule has 1 saturated heterocycles. The number of benzene rings is 1. The van der Waals surface area contributed by atoms with Crippen molar-refractivity contribution >= 4 is 11.6 Å². The first kappa shape index (κ1) is 10.9. The second-order valence-corrected chi connectivity index (χ2v) is 4.50. The van der Waals surface area contributed by atoms with Crippen molar-refractivity contribution in [3.8, 4) is 0 Å². The second-order valence-electron chi connectivity index (χ2n) is 4.07. The monoisotopic (exact) mass is 228 g/mol. The summed E-state index contributed by atoms with van der Waals surface area (Å²) >= 11 is 5.78. The largest absolute Gasteiger partial charge is 0.381 e. The molecule has 0 aliphatic carbocycles. The summed E-state index contributed by atoms with van der Waals surface area (Å²) in [6, 6.07) is 7.39. The van der Waals surface area contributed by atoms with Gasteiger partial charge in [-0.05, 0) is 17.7 Å². The molecule has 0 N–H and O–H groups in total. The van der Waals surface area contributed by atoms with Crippen molar-refractivity contribution in [2.24, 2.45) is 0 Å². The Kier molecular flexibility index (Phi) is 3.27. The van der Waals surface area contributed by atoms with E-state index in [1.807, 2.05) is 12.1 Å².